The molecule has 23 heavy (non-hydrogen) atoms. The van der Waals surface area contributed by atoms with Crippen LogP contribution >= 0.6 is 0 Å². The SMILES string of the molecule is CC(=O)OCC1CCC(NCC(C)C)CN1C(=O)OC(C)(C)C. The average molecular weight is 328 g/mol. The fourth-order valence-corrected chi connectivity index (χ4v) is 2.53. The van der Waals surface area contributed by atoms with Crippen molar-refractivity contribution in [3.05, 3.63) is 0 Å². The summed E-state index contributed by atoms with van der Waals surface area (Å²) >= 11 is 0. The number of hydrogen-bond donors (Lipinski definition) is 1. The van der Waals surface area contributed by atoms with Crippen molar-refractivity contribution in [1.29, 1.82) is 0 Å². The first-order valence-electron chi connectivity index (χ1n) is 8.45. The van der Waals surface area contributed by atoms with Gasteiger partial charge in [-0.05, 0) is 46.1 Å². The molecule has 1 amide bonds. The Morgan fingerprint density at radius 1 is 1.26 bits per heavy atom. The van der Waals surface area contributed by atoms with E-state index in [4.69, 9.17) is 9.47 Å². The van der Waals surface area contributed by atoms with Gasteiger partial charge >= 0.3 is 12.1 Å². The molecule has 0 spiro atoms. The van der Waals surface area contributed by atoms with Gasteiger partial charge in [0.15, 0.2) is 0 Å². The third-order valence-electron chi connectivity index (χ3n) is 3.63. The Labute approximate surface area is 139 Å². The third kappa shape index (κ3) is 7.68. The molecule has 0 bridgehead atoms. The fourth-order valence-electron chi connectivity index (χ4n) is 2.53. The molecule has 0 saturated carbocycles. The summed E-state index contributed by atoms with van der Waals surface area (Å²) in [7, 11) is 0. The van der Waals surface area contributed by atoms with Crippen molar-refractivity contribution in [1.82, 2.24) is 10.2 Å². The lowest BCUT2D eigenvalue weighted by molar-refractivity contribution is -0.143. The van der Waals surface area contributed by atoms with E-state index >= 15 is 0 Å². The molecule has 0 aliphatic carbocycles. The number of nitrogens with zero attached hydrogens (tertiary/aromatic N) is 1. The Kier molecular flexibility index (Phi) is 7.32. The van der Waals surface area contributed by atoms with Crippen molar-refractivity contribution in [3.63, 3.8) is 0 Å². The summed E-state index contributed by atoms with van der Waals surface area (Å²) < 4.78 is 10.6. The average Bonchev–Trinajstić information content (AvgIpc) is 2.41. The van der Waals surface area contributed by atoms with Crippen molar-refractivity contribution in [2.24, 2.45) is 5.92 Å². The van der Waals surface area contributed by atoms with E-state index in [1.807, 2.05) is 20.8 Å². The van der Waals surface area contributed by atoms with Gasteiger partial charge in [-0.1, -0.05) is 13.8 Å². The van der Waals surface area contributed by atoms with Crippen LogP contribution in [0, 0.1) is 5.92 Å². The minimum atomic E-state index is -0.540. The highest BCUT2D eigenvalue weighted by molar-refractivity contribution is 5.69. The molecular formula is C17H32N2O4. The lowest BCUT2D eigenvalue weighted by Gasteiger charge is -2.40. The van der Waals surface area contributed by atoms with Gasteiger partial charge in [0, 0.05) is 19.5 Å². The van der Waals surface area contributed by atoms with Gasteiger partial charge in [0.1, 0.15) is 12.2 Å². The van der Waals surface area contributed by atoms with Crippen LogP contribution in [0.5, 0.6) is 0 Å². The molecule has 2 unspecified atom stereocenters. The maximum absolute atomic E-state index is 12.5. The molecule has 6 nitrogen and oxygen atoms in total. The van der Waals surface area contributed by atoms with E-state index in [1.165, 1.54) is 6.92 Å². The van der Waals surface area contributed by atoms with Crippen molar-refractivity contribution >= 4 is 12.1 Å². The molecule has 1 saturated heterocycles. The monoisotopic (exact) mass is 328 g/mol. The molecule has 1 N–H and O–H groups in total. The first-order chi connectivity index (χ1) is 10.6. The molecule has 0 aromatic heterocycles. The second-order valence-electron chi connectivity index (χ2n) is 7.67. The first-order valence-corrected chi connectivity index (χ1v) is 8.45. The molecule has 0 radical (unpaired) electrons. The van der Waals surface area contributed by atoms with Crippen LogP contribution in [0.3, 0.4) is 0 Å². The second-order valence-corrected chi connectivity index (χ2v) is 7.67. The molecule has 134 valence electrons. The summed E-state index contributed by atoms with van der Waals surface area (Å²) in [6.07, 6.45) is 1.41. The van der Waals surface area contributed by atoms with E-state index in [9.17, 15) is 9.59 Å². The molecule has 1 fully saturated rings. The Morgan fingerprint density at radius 3 is 2.43 bits per heavy atom. The van der Waals surface area contributed by atoms with Crippen molar-refractivity contribution in [3.8, 4) is 0 Å². The van der Waals surface area contributed by atoms with Crippen LogP contribution in [0.25, 0.3) is 0 Å². The smallest absolute Gasteiger partial charge is 0.410 e. The van der Waals surface area contributed by atoms with Gasteiger partial charge in [0.2, 0.25) is 0 Å². The molecular weight excluding hydrogens is 296 g/mol. The number of ether oxygens (including phenoxy) is 2. The summed E-state index contributed by atoms with van der Waals surface area (Å²) in [6, 6.07) is 0.129. The summed E-state index contributed by atoms with van der Waals surface area (Å²) in [5, 5.41) is 3.50. The lowest BCUT2D eigenvalue weighted by Crippen LogP contribution is -2.55. The predicted octanol–water partition coefficient (Wildman–Crippen LogP) is 2.56. The molecule has 2 atom stereocenters. The number of rotatable bonds is 5. The Morgan fingerprint density at radius 2 is 1.91 bits per heavy atom. The summed E-state index contributed by atoms with van der Waals surface area (Å²) in [5.74, 6) is 0.234. The van der Waals surface area contributed by atoms with E-state index in [0.29, 0.717) is 12.5 Å². The van der Waals surface area contributed by atoms with Gasteiger partial charge in [-0.15, -0.1) is 0 Å². The highest BCUT2D eigenvalue weighted by Gasteiger charge is 2.34. The largest absolute Gasteiger partial charge is 0.464 e. The molecule has 1 aliphatic rings. The van der Waals surface area contributed by atoms with Crippen molar-refractivity contribution in [2.45, 2.75) is 72.1 Å². The predicted molar refractivity (Wildman–Crippen MR) is 89.2 cm³/mol. The zero-order valence-corrected chi connectivity index (χ0v) is 15.3. The third-order valence-corrected chi connectivity index (χ3v) is 3.63. The number of hydrogen-bond acceptors (Lipinski definition) is 5. The van der Waals surface area contributed by atoms with Gasteiger partial charge in [-0.2, -0.15) is 0 Å². The van der Waals surface area contributed by atoms with Gasteiger partial charge in [0.25, 0.3) is 0 Å². The van der Waals surface area contributed by atoms with E-state index in [1.54, 1.807) is 4.90 Å². The number of likely N-dealkylation sites (tertiary alicyclic amines) is 1. The maximum Gasteiger partial charge on any atom is 0.410 e. The number of esters is 1. The van der Waals surface area contributed by atoms with E-state index < -0.39 is 5.60 Å². The highest BCUT2D eigenvalue weighted by atomic mass is 16.6. The standard InChI is InChI=1S/C17H32N2O4/c1-12(2)9-18-14-7-8-15(11-22-13(3)20)19(10-14)16(21)23-17(4,5)6/h12,14-15,18H,7-11H2,1-6H3. The topological polar surface area (TPSA) is 67.9 Å². The van der Waals surface area contributed by atoms with Crippen LogP contribution in [-0.2, 0) is 14.3 Å². The molecule has 1 aliphatic heterocycles. The Bertz CT molecular complexity index is 404. The molecule has 6 heteroatoms. The van der Waals surface area contributed by atoms with Gasteiger partial charge < -0.3 is 19.7 Å². The van der Waals surface area contributed by atoms with Crippen LogP contribution in [0.1, 0.15) is 54.4 Å². The lowest BCUT2D eigenvalue weighted by atomic mass is 9.98. The van der Waals surface area contributed by atoms with Crippen molar-refractivity contribution < 1.29 is 19.1 Å². The first kappa shape index (κ1) is 19.7. The fraction of sp³-hybridized carbons (Fsp3) is 0.882. The number of nitrogens with one attached hydrogen (secondary N) is 1. The Balaban J connectivity index is 2.70. The molecule has 1 rings (SSSR count). The van der Waals surface area contributed by atoms with Gasteiger partial charge in [0.05, 0.1) is 6.04 Å². The normalized spacial score (nSPS) is 22.1. The van der Waals surface area contributed by atoms with Gasteiger partial charge in [-0.3, -0.25) is 4.79 Å². The molecule has 1 heterocycles. The Hall–Kier alpha value is -1.30. The van der Waals surface area contributed by atoms with Gasteiger partial charge in [-0.25, -0.2) is 4.79 Å². The maximum atomic E-state index is 12.5. The van der Waals surface area contributed by atoms with E-state index in [2.05, 4.69) is 19.2 Å². The minimum absolute atomic E-state index is 0.120. The summed E-state index contributed by atoms with van der Waals surface area (Å²) in [6.45, 7) is 13.0. The zero-order valence-electron chi connectivity index (χ0n) is 15.3. The number of carbonyl (C=O) groups excluding carboxylic acids is 2. The van der Waals surface area contributed by atoms with Crippen LogP contribution < -0.4 is 5.32 Å². The van der Waals surface area contributed by atoms with Crippen LogP contribution in [0.4, 0.5) is 4.79 Å². The second kappa shape index (κ2) is 8.52. The quantitative estimate of drug-likeness (QED) is 0.786. The summed E-state index contributed by atoms with van der Waals surface area (Å²) in [4.78, 5) is 25.3. The number of carbonyl (C=O) groups is 2. The number of amides is 1. The highest BCUT2D eigenvalue weighted by Crippen LogP contribution is 2.21. The van der Waals surface area contributed by atoms with Crippen LogP contribution in [-0.4, -0.2) is 54.3 Å². The minimum Gasteiger partial charge on any atom is -0.464 e. The zero-order chi connectivity index (χ0) is 17.6. The van der Waals surface area contributed by atoms with E-state index in [-0.39, 0.29) is 30.8 Å². The van der Waals surface area contributed by atoms with E-state index in [0.717, 1.165) is 19.4 Å². The molecule has 0 aromatic rings. The molecule has 0 aromatic carbocycles. The van der Waals surface area contributed by atoms with Crippen molar-refractivity contribution in [2.75, 3.05) is 19.7 Å². The summed E-state index contributed by atoms with van der Waals surface area (Å²) in [5.41, 5.74) is -0.540. The number of piperidine rings is 1. The van der Waals surface area contributed by atoms with Crippen LogP contribution in [0.15, 0.2) is 0 Å². The van der Waals surface area contributed by atoms with Crippen LogP contribution in [0.2, 0.25) is 0 Å².